The average Bonchev–Trinajstić information content (AvgIpc) is 2.56. The topological polar surface area (TPSA) is 44.8 Å². The molecule has 0 bridgehead atoms. The number of benzene rings is 2. The fourth-order valence-corrected chi connectivity index (χ4v) is 2.20. The van der Waals surface area contributed by atoms with E-state index in [-0.39, 0.29) is 5.78 Å². The standard InChI is InChI=1S/C18H20O4/c1-4-21-13-10-11-17(22-5-2)15(12-13)18(19)14-8-6-7-9-16(14)20-3/h6-12H,4-5H2,1-3H3. The first-order valence-electron chi connectivity index (χ1n) is 7.28. The van der Waals surface area contributed by atoms with Gasteiger partial charge in [0.05, 0.1) is 31.5 Å². The van der Waals surface area contributed by atoms with E-state index in [1.807, 2.05) is 26.0 Å². The Kier molecular flexibility index (Phi) is 5.42. The lowest BCUT2D eigenvalue weighted by atomic mass is 10.0. The first-order chi connectivity index (χ1) is 10.7. The van der Waals surface area contributed by atoms with Crippen LogP contribution in [0.2, 0.25) is 0 Å². The largest absolute Gasteiger partial charge is 0.496 e. The number of carbonyl (C=O) groups is 1. The molecule has 0 amide bonds. The van der Waals surface area contributed by atoms with Crippen molar-refractivity contribution in [1.82, 2.24) is 0 Å². The second-order valence-corrected chi connectivity index (χ2v) is 4.55. The summed E-state index contributed by atoms with van der Waals surface area (Å²) in [6.07, 6.45) is 0. The van der Waals surface area contributed by atoms with Crippen LogP contribution < -0.4 is 14.2 Å². The molecule has 0 aliphatic heterocycles. The van der Waals surface area contributed by atoms with Crippen molar-refractivity contribution in [2.24, 2.45) is 0 Å². The Morgan fingerprint density at radius 3 is 2.32 bits per heavy atom. The van der Waals surface area contributed by atoms with Crippen LogP contribution in [0.3, 0.4) is 0 Å². The van der Waals surface area contributed by atoms with E-state index >= 15 is 0 Å². The molecule has 0 unspecified atom stereocenters. The third kappa shape index (κ3) is 3.39. The summed E-state index contributed by atoms with van der Waals surface area (Å²) < 4.78 is 16.3. The molecule has 22 heavy (non-hydrogen) atoms. The number of carbonyl (C=O) groups excluding carboxylic acids is 1. The van der Waals surface area contributed by atoms with Crippen molar-refractivity contribution < 1.29 is 19.0 Å². The highest BCUT2D eigenvalue weighted by molar-refractivity contribution is 6.12. The van der Waals surface area contributed by atoms with Crippen molar-refractivity contribution in [2.45, 2.75) is 13.8 Å². The van der Waals surface area contributed by atoms with Crippen LogP contribution in [0.1, 0.15) is 29.8 Å². The molecule has 0 fully saturated rings. The molecule has 0 saturated heterocycles. The van der Waals surface area contributed by atoms with E-state index in [0.717, 1.165) is 0 Å². The fraction of sp³-hybridized carbons (Fsp3) is 0.278. The number of ketones is 1. The van der Waals surface area contributed by atoms with Crippen molar-refractivity contribution in [3.05, 3.63) is 53.6 Å². The molecule has 0 radical (unpaired) electrons. The predicted molar refractivity (Wildman–Crippen MR) is 85.2 cm³/mol. The molecule has 0 aromatic heterocycles. The van der Waals surface area contributed by atoms with Gasteiger partial charge in [-0.2, -0.15) is 0 Å². The Hall–Kier alpha value is -2.49. The minimum absolute atomic E-state index is 0.151. The second kappa shape index (κ2) is 7.50. The Balaban J connectivity index is 2.48. The van der Waals surface area contributed by atoms with Gasteiger partial charge in [-0.05, 0) is 44.2 Å². The molecule has 0 aliphatic rings. The summed E-state index contributed by atoms with van der Waals surface area (Å²) in [6, 6.07) is 12.4. The maximum absolute atomic E-state index is 12.9. The lowest BCUT2D eigenvalue weighted by Gasteiger charge is -2.13. The van der Waals surface area contributed by atoms with Gasteiger partial charge in [-0.3, -0.25) is 4.79 Å². The van der Waals surface area contributed by atoms with Crippen molar-refractivity contribution in [2.75, 3.05) is 20.3 Å². The van der Waals surface area contributed by atoms with Crippen LogP contribution in [0.4, 0.5) is 0 Å². The molecule has 0 spiro atoms. The predicted octanol–water partition coefficient (Wildman–Crippen LogP) is 3.72. The van der Waals surface area contributed by atoms with E-state index in [9.17, 15) is 4.79 Å². The SMILES string of the molecule is CCOc1ccc(OCC)c(C(=O)c2ccccc2OC)c1. The van der Waals surface area contributed by atoms with Crippen molar-refractivity contribution in [1.29, 1.82) is 0 Å². The van der Waals surface area contributed by atoms with Gasteiger partial charge < -0.3 is 14.2 Å². The monoisotopic (exact) mass is 300 g/mol. The van der Waals surface area contributed by atoms with Gasteiger partial charge in [0, 0.05) is 0 Å². The van der Waals surface area contributed by atoms with Gasteiger partial charge in [-0.25, -0.2) is 0 Å². The molecule has 2 rings (SSSR count). The Morgan fingerprint density at radius 2 is 1.64 bits per heavy atom. The minimum atomic E-state index is -0.151. The van der Waals surface area contributed by atoms with Gasteiger partial charge in [0.2, 0.25) is 5.78 Å². The van der Waals surface area contributed by atoms with Crippen LogP contribution >= 0.6 is 0 Å². The van der Waals surface area contributed by atoms with Gasteiger partial charge in [-0.15, -0.1) is 0 Å². The number of ether oxygens (including phenoxy) is 3. The quantitative estimate of drug-likeness (QED) is 0.731. The highest BCUT2D eigenvalue weighted by Gasteiger charge is 2.19. The normalized spacial score (nSPS) is 10.1. The summed E-state index contributed by atoms with van der Waals surface area (Å²) in [5.74, 6) is 1.57. The molecule has 2 aromatic rings. The lowest BCUT2D eigenvalue weighted by molar-refractivity contribution is 0.103. The molecule has 0 saturated carbocycles. The number of rotatable bonds is 7. The van der Waals surface area contributed by atoms with Crippen molar-refractivity contribution in [3.63, 3.8) is 0 Å². The first-order valence-corrected chi connectivity index (χ1v) is 7.28. The Bertz CT molecular complexity index is 649. The summed E-state index contributed by atoms with van der Waals surface area (Å²) >= 11 is 0. The van der Waals surface area contributed by atoms with Gasteiger partial charge in [0.25, 0.3) is 0 Å². The highest BCUT2D eigenvalue weighted by atomic mass is 16.5. The molecular formula is C18H20O4. The molecule has 0 atom stereocenters. The van der Waals surface area contributed by atoms with Gasteiger partial charge in [-0.1, -0.05) is 12.1 Å². The van der Waals surface area contributed by atoms with E-state index in [2.05, 4.69) is 0 Å². The number of hydrogen-bond acceptors (Lipinski definition) is 4. The molecule has 0 N–H and O–H groups in total. The van der Waals surface area contributed by atoms with Crippen molar-refractivity contribution in [3.8, 4) is 17.2 Å². The zero-order valence-electron chi connectivity index (χ0n) is 13.1. The van der Waals surface area contributed by atoms with E-state index in [0.29, 0.717) is 41.6 Å². The molecule has 2 aromatic carbocycles. The van der Waals surface area contributed by atoms with Crippen LogP contribution in [0.25, 0.3) is 0 Å². The maximum atomic E-state index is 12.9. The molecule has 0 aliphatic carbocycles. The maximum Gasteiger partial charge on any atom is 0.200 e. The van der Waals surface area contributed by atoms with Gasteiger partial charge >= 0.3 is 0 Å². The van der Waals surface area contributed by atoms with Crippen molar-refractivity contribution >= 4 is 5.78 Å². The Labute approximate surface area is 130 Å². The molecule has 4 heteroatoms. The summed E-state index contributed by atoms with van der Waals surface area (Å²) in [4.78, 5) is 12.9. The Morgan fingerprint density at radius 1 is 0.909 bits per heavy atom. The highest BCUT2D eigenvalue weighted by Crippen LogP contribution is 2.29. The van der Waals surface area contributed by atoms with Crippen LogP contribution in [0.15, 0.2) is 42.5 Å². The zero-order valence-corrected chi connectivity index (χ0v) is 13.1. The second-order valence-electron chi connectivity index (χ2n) is 4.55. The van der Waals surface area contributed by atoms with Gasteiger partial charge in [0.1, 0.15) is 17.2 Å². The third-order valence-electron chi connectivity index (χ3n) is 3.16. The van der Waals surface area contributed by atoms with Crippen LogP contribution in [-0.4, -0.2) is 26.1 Å². The molecule has 116 valence electrons. The molecular weight excluding hydrogens is 280 g/mol. The van der Waals surface area contributed by atoms with E-state index in [4.69, 9.17) is 14.2 Å². The van der Waals surface area contributed by atoms with E-state index < -0.39 is 0 Å². The fourth-order valence-electron chi connectivity index (χ4n) is 2.20. The zero-order chi connectivity index (χ0) is 15.9. The summed E-state index contributed by atoms with van der Waals surface area (Å²) in [5, 5.41) is 0. The average molecular weight is 300 g/mol. The first kappa shape index (κ1) is 15.9. The van der Waals surface area contributed by atoms with Crippen LogP contribution in [0.5, 0.6) is 17.2 Å². The molecule has 4 nitrogen and oxygen atoms in total. The summed E-state index contributed by atoms with van der Waals surface area (Å²) in [6.45, 7) is 4.81. The van der Waals surface area contributed by atoms with Crippen LogP contribution in [-0.2, 0) is 0 Å². The summed E-state index contributed by atoms with van der Waals surface area (Å²) in [7, 11) is 1.55. The number of hydrogen-bond donors (Lipinski definition) is 0. The van der Waals surface area contributed by atoms with E-state index in [1.165, 1.54) is 0 Å². The number of para-hydroxylation sites is 1. The smallest absolute Gasteiger partial charge is 0.200 e. The lowest BCUT2D eigenvalue weighted by Crippen LogP contribution is -2.07. The van der Waals surface area contributed by atoms with Gasteiger partial charge in [0.15, 0.2) is 0 Å². The van der Waals surface area contributed by atoms with Crippen LogP contribution in [0, 0.1) is 0 Å². The number of methoxy groups -OCH3 is 1. The summed E-state index contributed by atoms with van der Waals surface area (Å²) in [5.41, 5.74) is 0.969. The minimum Gasteiger partial charge on any atom is -0.496 e. The molecule has 0 heterocycles. The van der Waals surface area contributed by atoms with E-state index in [1.54, 1.807) is 37.4 Å². The third-order valence-corrected chi connectivity index (χ3v) is 3.16.